The van der Waals surface area contributed by atoms with Crippen molar-refractivity contribution in [1.29, 1.82) is 0 Å². The number of aliphatic hydroxyl groups excluding tert-OH is 1. The van der Waals surface area contributed by atoms with Gasteiger partial charge in [-0.2, -0.15) is 0 Å². The highest BCUT2D eigenvalue weighted by atomic mass is 79.9. The van der Waals surface area contributed by atoms with Crippen molar-refractivity contribution in [3.8, 4) is 0 Å². The molecule has 3 saturated heterocycles. The van der Waals surface area contributed by atoms with Gasteiger partial charge in [0.1, 0.15) is 6.04 Å². The molecule has 1 spiro atoms. The number of halogens is 1. The molecule has 0 aromatic heterocycles. The molecule has 3 aromatic rings. The van der Waals surface area contributed by atoms with Crippen molar-refractivity contribution >= 4 is 61.9 Å². The van der Waals surface area contributed by atoms with Crippen LogP contribution < -0.4 is 4.90 Å². The van der Waals surface area contributed by atoms with Crippen LogP contribution in [0.15, 0.2) is 98.1 Å². The molecule has 6 rings (SSSR count). The summed E-state index contributed by atoms with van der Waals surface area (Å²) in [6.07, 6.45) is 3.91. The average molecular weight is 675 g/mol. The van der Waals surface area contributed by atoms with E-state index in [9.17, 15) is 14.7 Å². The van der Waals surface area contributed by atoms with Gasteiger partial charge >= 0.3 is 0 Å². The molecule has 3 aromatic carbocycles. The number of rotatable bonds is 10. The van der Waals surface area contributed by atoms with Gasteiger partial charge in [0.25, 0.3) is 5.91 Å². The fourth-order valence-corrected chi connectivity index (χ4v) is 11.1. The number of nitrogens with zero attached hydrogens (tertiary/aromatic N) is 3. The first-order valence-corrected chi connectivity index (χ1v) is 16.6. The highest BCUT2D eigenvalue weighted by molar-refractivity contribution is 9.09. The summed E-state index contributed by atoms with van der Waals surface area (Å²) in [5.41, 5.74) is 1.44. The Kier molecular flexibility index (Phi) is 8.48. The van der Waals surface area contributed by atoms with Crippen molar-refractivity contribution in [2.75, 3.05) is 31.6 Å². The second kappa shape index (κ2) is 12.2. The van der Waals surface area contributed by atoms with Gasteiger partial charge in [0, 0.05) is 35.9 Å². The van der Waals surface area contributed by atoms with Gasteiger partial charge in [0.2, 0.25) is 11.8 Å². The fourth-order valence-electron chi connectivity index (χ4n) is 7.48. The number of anilines is 1. The molecule has 3 aliphatic heterocycles. The van der Waals surface area contributed by atoms with Gasteiger partial charge in [-0.1, -0.05) is 88.7 Å². The predicted octanol–water partition coefficient (Wildman–Crippen LogP) is 5.20. The molecule has 228 valence electrons. The van der Waals surface area contributed by atoms with E-state index in [0.717, 1.165) is 16.3 Å². The number of benzene rings is 3. The maximum atomic E-state index is 15.1. The van der Waals surface area contributed by atoms with Gasteiger partial charge < -0.3 is 19.8 Å². The monoisotopic (exact) mass is 673 g/mol. The highest BCUT2D eigenvalue weighted by Gasteiger charge is 2.76. The van der Waals surface area contributed by atoms with E-state index < -0.39 is 28.7 Å². The van der Waals surface area contributed by atoms with Crippen molar-refractivity contribution in [3.05, 3.63) is 104 Å². The predicted molar refractivity (Wildman–Crippen MR) is 180 cm³/mol. The molecule has 1 N–H and O–H groups in total. The molecule has 0 saturated carbocycles. The Morgan fingerprint density at radius 1 is 1.05 bits per heavy atom. The number of carbonyl (C=O) groups is 3. The third-order valence-electron chi connectivity index (χ3n) is 9.34. The minimum absolute atomic E-state index is 0.0595. The Bertz CT molecular complexity index is 1620. The van der Waals surface area contributed by atoms with Crippen LogP contribution in [-0.2, 0) is 14.4 Å². The molecule has 0 aliphatic carbocycles. The lowest BCUT2D eigenvalue weighted by molar-refractivity contribution is -0.144. The second-order valence-corrected chi connectivity index (χ2v) is 14.5. The summed E-state index contributed by atoms with van der Waals surface area (Å²) in [7, 11) is 1.72. The van der Waals surface area contributed by atoms with Crippen LogP contribution in [0.2, 0.25) is 0 Å². The van der Waals surface area contributed by atoms with E-state index >= 15 is 4.79 Å². The van der Waals surface area contributed by atoms with E-state index in [1.807, 2.05) is 72.8 Å². The maximum absolute atomic E-state index is 15.1. The summed E-state index contributed by atoms with van der Waals surface area (Å²) >= 11 is 5.44. The van der Waals surface area contributed by atoms with Gasteiger partial charge in [-0.15, -0.1) is 24.9 Å². The molecule has 2 bridgehead atoms. The number of amides is 3. The van der Waals surface area contributed by atoms with Gasteiger partial charge in [-0.25, -0.2) is 0 Å². The van der Waals surface area contributed by atoms with Crippen LogP contribution in [0.1, 0.15) is 18.0 Å². The quantitative estimate of drug-likeness (QED) is 0.236. The number of aliphatic hydroxyl groups is 1. The minimum atomic E-state index is -0.915. The van der Waals surface area contributed by atoms with E-state index in [1.165, 1.54) is 0 Å². The average Bonchev–Trinajstić information content (AvgIpc) is 3.63. The summed E-state index contributed by atoms with van der Waals surface area (Å²) in [6.45, 7) is 7.96. The Hall–Kier alpha value is -3.40. The largest absolute Gasteiger partial charge is 0.394 e. The Balaban J connectivity index is 1.50. The number of likely N-dealkylation sites (tertiary alicyclic amines) is 1. The van der Waals surface area contributed by atoms with E-state index in [2.05, 4.69) is 29.1 Å². The number of hydrogen-bond donors (Lipinski definition) is 1. The Labute approximate surface area is 270 Å². The SMILES string of the molecule is C=CCN(C)C(=O)[C@H]1[C@@H]2SC3(CC2Br)C(C(=O)N(CC=C)c2ccc4ccccc4c2)N([C@H](CO)c2ccccc2)C(=O)[C@H]13. The second-order valence-electron chi connectivity index (χ2n) is 11.8. The zero-order valence-electron chi connectivity index (χ0n) is 24.6. The number of fused-ring (bicyclic) bond motifs is 2. The van der Waals surface area contributed by atoms with Crippen LogP contribution in [0.25, 0.3) is 10.8 Å². The van der Waals surface area contributed by atoms with E-state index in [-0.39, 0.29) is 41.0 Å². The molecule has 3 fully saturated rings. The zero-order valence-corrected chi connectivity index (χ0v) is 27.0. The molecule has 9 heteroatoms. The number of thioether (sulfide) groups is 1. The minimum Gasteiger partial charge on any atom is -0.394 e. The smallest absolute Gasteiger partial charge is 0.251 e. The highest BCUT2D eigenvalue weighted by Crippen LogP contribution is 2.68. The molecule has 44 heavy (non-hydrogen) atoms. The van der Waals surface area contributed by atoms with Crippen LogP contribution in [0, 0.1) is 11.8 Å². The van der Waals surface area contributed by atoms with Crippen LogP contribution in [0.3, 0.4) is 0 Å². The molecule has 7 nitrogen and oxygen atoms in total. The topological polar surface area (TPSA) is 81.2 Å². The summed E-state index contributed by atoms with van der Waals surface area (Å²) in [5.74, 6) is -1.95. The molecule has 3 amide bonds. The molecular formula is C35H36BrN3O4S. The third kappa shape index (κ3) is 4.80. The first kappa shape index (κ1) is 30.6. The lowest BCUT2D eigenvalue weighted by atomic mass is 9.70. The fraction of sp³-hybridized carbons (Fsp3) is 0.343. The number of carbonyl (C=O) groups excluding carboxylic acids is 3. The van der Waals surface area contributed by atoms with Crippen molar-refractivity contribution in [2.24, 2.45) is 11.8 Å². The molecule has 7 atom stereocenters. The van der Waals surface area contributed by atoms with Crippen LogP contribution in [-0.4, -0.2) is 80.2 Å². The normalized spacial score (nSPS) is 27.7. The Morgan fingerprint density at radius 2 is 1.73 bits per heavy atom. The maximum Gasteiger partial charge on any atom is 0.251 e. The summed E-state index contributed by atoms with van der Waals surface area (Å²) in [5, 5.41) is 12.7. The Morgan fingerprint density at radius 3 is 2.41 bits per heavy atom. The lowest BCUT2D eigenvalue weighted by Gasteiger charge is -2.40. The summed E-state index contributed by atoms with van der Waals surface area (Å²) in [4.78, 5) is 48.6. The molecule has 3 heterocycles. The van der Waals surface area contributed by atoms with Gasteiger partial charge in [0.05, 0.1) is 29.2 Å². The molecule has 3 aliphatic rings. The van der Waals surface area contributed by atoms with Crippen LogP contribution >= 0.6 is 27.7 Å². The van der Waals surface area contributed by atoms with E-state index in [0.29, 0.717) is 18.7 Å². The number of alkyl halides is 1. The van der Waals surface area contributed by atoms with E-state index in [4.69, 9.17) is 0 Å². The summed E-state index contributed by atoms with van der Waals surface area (Å²) < 4.78 is -0.860. The van der Waals surface area contributed by atoms with Crippen molar-refractivity contribution in [3.63, 3.8) is 0 Å². The number of likely N-dealkylation sites (N-methyl/N-ethyl adjacent to an activating group) is 1. The van der Waals surface area contributed by atoms with Crippen LogP contribution in [0.4, 0.5) is 5.69 Å². The van der Waals surface area contributed by atoms with E-state index in [1.54, 1.807) is 45.7 Å². The van der Waals surface area contributed by atoms with Crippen molar-refractivity contribution in [1.82, 2.24) is 9.80 Å². The zero-order chi connectivity index (χ0) is 31.2. The van der Waals surface area contributed by atoms with Gasteiger partial charge in [0.15, 0.2) is 0 Å². The van der Waals surface area contributed by atoms with Gasteiger partial charge in [-0.05, 0) is 34.9 Å². The van der Waals surface area contributed by atoms with Crippen LogP contribution in [0.5, 0.6) is 0 Å². The lowest BCUT2D eigenvalue weighted by Crippen LogP contribution is -2.56. The number of hydrogen-bond acceptors (Lipinski definition) is 5. The first-order valence-electron chi connectivity index (χ1n) is 14.8. The first-order chi connectivity index (χ1) is 21.3. The molecule has 3 unspecified atom stereocenters. The molecular weight excluding hydrogens is 638 g/mol. The van der Waals surface area contributed by atoms with Crippen molar-refractivity contribution < 1.29 is 19.5 Å². The van der Waals surface area contributed by atoms with Crippen molar-refractivity contribution in [2.45, 2.75) is 33.3 Å². The third-order valence-corrected chi connectivity index (χ3v) is 12.6. The molecule has 0 radical (unpaired) electrons. The van der Waals surface area contributed by atoms with Gasteiger partial charge in [-0.3, -0.25) is 14.4 Å². The summed E-state index contributed by atoms with van der Waals surface area (Å²) in [6, 6.07) is 21.5. The standard InChI is InChI=1S/C35H36BrN3O4S/c1-4-17-37(3)32(41)28-29-33(42)39(27(21-40)23-12-7-6-8-13-23)31(35(29)20-26(36)30(28)44-35)34(43)38(18-5-2)25-16-15-22-11-9-10-14-24(22)19-25/h4-16,19,26-31,40H,1-2,17-18,20-21H2,3H3/t26?,27-,28-,29+,30-,31?,35?/m1/s1.